The number of rotatable bonds is 2. The van der Waals surface area contributed by atoms with Crippen molar-refractivity contribution < 1.29 is 19.7 Å². The van der Waals surface area contributed by atoms with Gasteiger partial charge in [-0.25, -0.2) is 9.78 Å². The molecule has 0 saturated heterocycles. The molecule has 2 atom stereocenters. The predicted octanol–water partition coefficient (Wildman–Crippen LogP) is -0.186. The lowest BCUT2D eigenvalue weighted by atomic mass is 9.86. The molecule has 0 bridgehead atoms. The number of nitrogens with zero attached hydrogens (tertiary/aromatic N) is 2. The van der Waals surface area contributed by atoms with Crippen molar-refractivity contribution in [2.75, 3.05) is 0 Å². The number of cyclic esters (lactones) is 1. The van der Waals surface area contributed by atoms with Crippen molar-refractivity contribution in [1.29, 1.82) is 0 Å². The SMILES string of the molecule is CCc1c2c(nc3c1=CC(O)CC=3)-c1cc3c(c(=O)n1C2)COC(=O)[C@]3(O)CC. The van der Waals surface area contributed by atoms with Gasteiger partial charge in [0.1, 0.15) is 6.61 Å². The molecule has 7 heteroatoms. The van der Waals surface area contributed by atoms with Gasteiger partial charge in [0.05, 0.1) is 34.9 Å². The summed E-state index contributed by atoms with van der Waals surface area (Å²) in [6.45, 7) is 3.98. The van der Waals surface area contributed by atoms with Crippen molar-refractivity contribution >= 4 is 18.1 Å². The van der Waals surface area contributed by atoms with Crippen molar-refractivity contribution in [2.24, 2.45) is 0 Å². The highest BCUT2D eigenvalue weighted by molar-refractivity contribution is 5.84. The molecular formula is C22H22N2O5. The number of esters is 1. The number of aliphatic hydroxyl groups is 2. The minimum atomic E-state index is -1.82. The third-order valence-electron chi connectivity index (χ3n) is 6.35. The van der Waals surface area contributed by atoms with Gasteiger partial charge in [-0.1, -0.05) is 19.9 Å². The number of hydrogen-bond donors (Lipinski definition) is 2. The Bertz CT molecular complexity index is 1260. The fourth-order valence-electron chi connectivity index (χ4n) is 4.74. The summed E-state index contributed by atoms with van der Waals surface area (Å²) < 4.78 is 6.76. The maximum absolute atomic E-state index is 13.2. The Labute approximate surface area is 166 Å². The van der Waals surface area contributed by atoms with Gasteiger partial charge < -0.3 is 19.5 Å². The van der Waals surface area contributed by atoms with E-state index in [0.717, 1.165) is 28.1 Å². The van der Waals surface area contributed by atoms with Crippen molar-refractivity contribution in [1.82, 2.24) is 9.55 Å². The minimum absolute atomic E-state index is 0.118. The van der Waals surface area contributed by atoms with Crippen LogP contribution in [0.25, 0.3) is 23.5 Å². The van der Waals surface area contributed by atoms with Crippen molar-refractivity contribution in [3.63, 3.8) is 0 Å². The highest BCUT2D eigenvalue weighted by atomic mass is 16.6. The summed E-state index contributed by atoms with van der Waals surface area (Å²) in [5.41, 5.74) is 1.91. The van der Waals surface area contributed by atoms with Gasteiger partial charge in [-0.3, -0.25) is 4.79 Å². The van der Waals surface area contributed by atoms with E-state index >= 15 is 0 Å². The first-order valence-corrected chi connectivity index (χ1v) is 9.98. The van der Waals surface area contributed by atoms with Crippen LogP contribution in [0.4, 0.5) is 0 Å². The normalized spacial score (nSPS) is 23.9. The molecule has 0 fully saturated rings. The summed E-state index contributed by atoms with van der Waals surface area (Å²) in [5, 5.41) is 22.7. The fourth-order valence-corrected chi connectivity index (χ4v) is 4.74. The van der Waals surface area contributed by atoms with Crippen LogP contribution in [0.3, 0.4) is 0 Å². The van der Waals surface area contributed by atoms with Crippen LogP contribution in [0.15, 0.2) is 10.9 Å². The van der Waals surface area contributed by atoms with E-state index in [2.05, 4.69) is 0 Å². The predicted molar refractivity (Wildman–Crippen MR) is 105 cm³/mol. The average Bonchev–Trinajstić information content (AvgIpc) is 3.08. The lowest BCUT2D eigenvalue weighted by Gasteiger charge is -2.31. The molecule has 1 aliphatic carbocycles. The van der Waals surface area contributed by atoms with Crippen molar-refractivity contribution in [3.8, 4) is 11.4 Å². The smallest absolute Gasteiger partial charge is 0.343 e. The largest absolute Gasteiger partial charge is 0.458 e. The Kier molecular flexibility index (Phi) is 3.85. The molecule has 2 N–H and O–H groups in total. The lowest BCUT2D eigenvalue weighted by Crippen LogP contribution is -2.44. The van der Waals surface area contributed by atoms with Crippen LogP contribution >= 0.6 is 0 Å². The fraction of sp³-hybridized carbons (Fsp3) is 0.409. The second-order valence-corrected chi connectivity index (χ2v) is 7.85. The van der Waals surface area contributed by atoms with E-state index in [-0.39, 0.29) is 18.6 Å². The van der Waals surface area contributed by atoms with E-state index in [0.29, 0.717) is 35.5 Å². The molecule has 4 heterocycles. The minimum Gasteiger partial charge on any atom is -0.458 e. The molecule has 0 spiro atoms. The lowest BCUT2D eigenvalue weighted by molar-refractivity contribution is -0.172. The zero-order chi connectivity index (χ0) is 20.5. The van der Waals surface area contributed by atoms with Crippen molar-refractivity contribution in [3.05, 3.63) is 49.2 Å². The van der Waals surface area contributed by atoms with Gasteiger partial charge in [0, 0.05) is 16.3 Å². The topological polar surface area (TPSA) is 102 Å². The van der Waals surface area contributed by atoms with Gasteiger partial charge in [-0.15, -0.1) is 0 Å². The molecule has 2 aromatic rings. The zero-order valence-electron chi connectivity index (χ0n) is 16.4. The van der Waals surface area contributed by atoms with Crippen LogP contribution in [0, 0.1) is 0 Å². The Morgan fingerprint density at radius 2 is 2.10 bits per heavy atom. The number of aromatic nitrogens is 2. The summed E-state index contributed by atoms with van der Waals surface area (Å²) in [5.74, 6) is -0.723. The van der Waals surface area contributed by atoms with E-state index in [4.69, 9.17) is 9.72 Å². The number of hydrogen-bond acceptors (Lipinski definition) is 6. The Balaban J connectivity index is 1.83. The first kappa shape index (κ1) is 18.3. The molecule has 0 saturated carbocycles. The van der Waals surface area contributed by atoms with Crippen LogP contribution < -0.4 is 16.1 Å². The maximum atomic E-state index is 13.2. The monoisotopic (exact) mass is 394 g/mol. The van der Waals surface area contributed by atoms with E-state index < -0.39 is 17.7 Å². The van der Waals surface area contributed by atoms with Crippen LogP contribution in [0.5, 0.6) is 0 Å². The number of carbonyl (C=O) groups excluding carboxylic acids is 1. The average molecular weight is 394 g/mol. The van der Waals surface area contributed by atoms with Gasteiger partial charge in [0.2, 0.25) is 0 Å². The molecule has 0 amide bonds. The molecule has 2 aromatic heterocycles. The molecule has 0 aromatic carbocycles. The summed E-state index contributed by atoms with van der Waals surface area (Å²) in [4.78, 5) is 30.3. The number of ether oxygens (including phenoxy) is 1. The van der Waals surface area contributed by atoms with Crippen LogP contribution in [0.1, 0.15) is 48.9 Å². The van der Waals surface area contributed by atoms with E-state index in [9.17, 15) is 19.8 Å². The summed E-state index contributed by atoms with van der Waals surface area (Å²) >= 11 is 0. The van der Waals surface area contributed by atoms with E-state index in [1.807, 2.05) is 19.1 Å². The number of carbonyl (C=O) groups is 1. The second kappa shape index (κ2) is 6.11. The second-order valence-electron chi connectivity index (χ2n) is 7.85. The van der Waals surface area contributed by atoms with Crippen LogP contribution in [-0.2, 0) is 34.7 Å². The molecule has 2 aliphatic heterocycles. The zero-order valence-corrected chi connectivity index (χ0v) is 16.4. The quantitative estimate of drug-likeness (QED) is 0.585. The third kappa shape index (κ3) is 2.34. The van der Waals surface area contributed by atoms with E-state index in [1.54, 1.807) is 17.6 Å². The highest BCUT2D eigenvalue weighted by Crippen LogP contribution is 2.37. The van der Waals surface area contributed by atoms with Crippen LogP contribution in [0.2, 0.25) is 0 Å². The van der Waals surface area contributed by atoms with Crippen LogP contribution in [-0.4, -0.2) is 31.8 Å². The molecule has 0 radical (unpaired) electrons. The van der Waals surface area contributed by atoms with E-state index in [1.165, 1.54) is 0 Å². The Morgan fingerprint density at radius 3 is 2.83 bits per heavy atom. The molecule has 1 unspecified atom stereocenters. The molecule has 150 valence electrons. The molecule has 29 heavy (non-hydrogen) atoms. The molecule has 5 rings (SSSR count). The standard InChI is InChI=1S/C22H22N2O5/c1-3-12-13-7-11(25)5-6-17(13)23-19-14(12)9-24-18(19)8-16-15(20(24)26)10-29-21(27)22(16,28)4-2/h6-8,11,25,28H,3-5,9-10H2,1-2H3/t11?,22-/m0/s1. The number of aliphatic hydroxyl groups excluding tert-OH is 1. The van der Waals surface area contributed by atoms with Gasteiger partial charge in [-0.05, 0) is 37.0 Å². The highest BCUT2D eigenvalue weighted by Gasteiger charge is 2.45. The third-order valence-corrected chi connectivity index (χ3v) is 6.35. The molecular weight excluding hydrogens is 372 g/mol. The number of fused-ring (bicyclic) bond motifs is 5. The Hall–Kier alpha value is -2.77. The Morgan fingerprint density at radius 1 is 1.31 bits per heavy atom. The summed E-state index contributed by atoms with van der Waals surface area (Å²) in [7, 11) is 0. The van der Waals surface area contributed by atoms with Gasteiger partial charge in [0.15, 0.2) is 5.60 Å². The van der Waals surface area contributed by atoms with Crippen molar-refractivity contribution in [2.45, 2.75) is 58.0 Å². The molecule has 7 nitrogen and oxygen atoms in total. The van der Waals surface area contributed by atoms with Gasteiger partial charge in [-0.2, -0.15) is 0 Å². The van der Waals surface area contributed by atoms with Gasteiger partial charge >= 0.3 is 5.97 Å². The summed E-state index contributed by atoms with van der Waals surface area (Å²) in [6, 6.07) is 1.73. The number of pyridine rings is 2. The molecule has 3 aliphatic rings. The maximum Gasteiger partial charge on any atom is 0.343 e. The first-order chi connectivity index (χ1) is 13.9. The van der Waals surface area contributed by atoms with Gasteiger partial charge in [0.25, 0.3) is 5.56 Å². The summed E-state index contributed by atoms with van der Waals surface area (Å²) in [6.07, 6.45) is 4.58. The first-order valence-electron chi connectivity index (χ1n) is 9.98.